The van der Waals surface area contributed by atoms with Gasteiger partial charge in [-0.05, 0) is 42.3 Å². The summed E-state index contributed by atoms with van der Waals surface area (Å²) in [6.07, 6.45) is 8.73. The van der Waals surface area contributed by atoms with Crippen molar-refractivity contribution in [1.82, 2.24) is 24.6 Å². The van der Waals surface area contributed by atoms with E-state index in [2.05, 4.69) is 15.1 Å². The van der Waals surface area contributed by atoms with Crippen LogP contribution in [0.15, 0.2) is 61.3 Å². The molecule has 3 aromatic heterocycles. The second-order valence-electron chi connectivity index (χ2n) is 6.01. The van der Waals surface area contributed by atoms with Crippen LogP contribution in [-0.2, 0) is 24.9 Å². The number of aromatic nitrogens is 4. The van der Waals surface area contributed by atoms with Gasteiger partial charge in [0.1, 0.15) is 0 Å². The van der Waals surface area contributed by atoms with Crippen molar-refractivity contribution in [2.45, 2.75) is 25.9 Å². The second kappa shape index (κ2) is 7.70. The number of carbonyl (C=O) groups is 1. The lowest BCUT2D eigenvalue weighted by molar-refractivity contribution is -0.133. The zero-order valence-electron chi connectivity index (χ0n) is 14.4. The van der Waals surface area contributed by atoms with Crippen LogP contribution >= 0.6 is 0 Å². The Balaban J connectivity index is 1.84. The Kier molecular flexibility index (Phi) is 5.18. The SMILES string of the molecule is CC(C(=O)N(Cc1ccncc1)Cc1cccnc1)c1ccnn1C. The van der Waals surface area contributed by atoms with E-state index in [9.17, 15) is 4.79 Å². The highest BCUT2D eigenvalue weighted by Gasteiger charge is 2.24. The van der Waals surface area contributed by atoms with Crippen molar-refractivity contribution in [1.29, 1.82) is 0 Å². The van der Waals surface area contributed by atoms with Crippen molar-refractivity contribution < 1.29 is 4.79 Å². The summed E-state index contributed by atoms with van der Waals surface area (Å²) >= 11 is 0. The minimum atomic E-state index is -0.272. The average Bonchev–Trinajstić information content (AvgIpc) is 3.07. The largest absolute Gasteiger partial charge is 0.333 e. The molecule has 0 radical (unpaired) electrons. The molecule has 6 heteroatoms. The third kappa shape index (κ3) is 4.09. The molecule has 0 aliphatic heterocycles. The summed E-state index contributed by atoms with van der Waals surface area (Å²) in [5.74, 6) is -0.213. The summed E-state index contributed by atoms with van der Waals surface area (Å²) in [5, 5.41) is 4.18. The number of amides is 1. The highest BCUT2D eigenvalue weighted by Crippen LogP contribution is 2.20. The predicted molar refractivity (Wildman–Crippen MR) is 94.4 cm³/mol. The van der Waals surface area contributed by atoms with Crippen LogP contribution in [0.4, 0.5) is 0 Å². The molecule has 0 aliphatic rings. The molecule has 1 amide bonds. The number of pyridine rings is 2. The van der Waals surface area contributed by atoms with E-state index in [1.165, 1.54) is 0 Å². The molecule has 0 fully saturated rings. The Morgan fingerprint density at radius 2 is 1.80 bits per heavy atom. The van der Waals surface area contributed by atoms with Gasteiger partial charge in [-0.2, -0.15) is 5.10 Å². The van der Waals surface area contributed by atoms with Crippen LogP contribution in [0.2, 0.25) is 0 Å². The lowest BCUT2D eigenvalue weighted by Gasteiger charge is -2.26. The molecule has 0 spiro atoms. The molecule has 3 heterocycles. The summed E-state index contributed by atoms with van der Waals surface area (Å²) in [6, 6.07) is 9.61. The second-order valence-corrected chi connectivity index (χ2v) is 6.01. The lowest BCUT2D eigenvalue weighted by atomic mass is 10.1. The van der Waals surface area contributed by atoms with Gasteiger partial charge in [0.15, 0.2) is 0 Å². The first-order chi connectivity index (χ1) is 12.1. The summed E-state index contributed by atoms with van der Waals surface area (Å²) in [6.45, 7) is 2.96. The minimum Gasteiger partial charge on any atom is -0.333 e. The molecular weight excluding hydrogens is 314 g/mol. The fourth-order valence-corrected chi connectivity index (χ4v) is 2.84. The van der Waals surface area contributed by atoms with E-state index in [4.69, 9.17) is 0 Å². The van der Waals surface area contributed by atoms with Gasteiger partial charge < -0.3 is 4.90 Å². The number of rotatable bonds is 6. The zero-order valence-corrected chi connectivity index (χ0v) is 14.4. The van der Waals surface area contributed by atoms with E-state index < -0.39 is 0 Å². The van der Waals surface area contributed by atoms with Gasteiger partial charge in [0.2, 0.25) is 5.91 Å². The molecule has 0 bridgehead atoms. The number of hydrogen-bond donors (Lipinski definition) is 0. The maximum atomic E-state index is 13.2. The van der Waals surface area contributed by atoms with Crippen molar-refractivity contribution in [2.24, 2.45) is 7.05 Å². The van der Waals surface area contributed by atoms with Gasteiger partial charge in [-0.3, -0.25) is 19.4 Å². The first kappa shape index (κ1) is 16.8. The molecule has 25 heavy (non-hydrogen) atoms. The Morgan fingerprint density at radius 3 is 2.44 bits per heavy atom. The highest BCUT2D eigenvalue weighted by atomic mass is 16.2. The Labute approximate surface area is 147 Å². The molecule has 0 aliphatic carbocycles. The van der Waals surface area contributed by atoms with Gasteiger partial charge in [-0.15, -0.1) is 0 Å². The molecule has 1 atom stereocenters. The van der Waals surface area contributed by atoms with E-state index in [1.807, 2.05) is 49.2 Å². The quantitative estimate of drug-likeness (QED) is 0.694. The van der Waals surface area contributed by atoms with Crippen LogP contribution in [0.25, 0.3) is 0 Å². The molecule has 0 saturated heterocycles. The van der Waals surface area contributed by atoms with Gasteiger partial charge >= 0.3 is 0 Å². The Morgan fingerprint density at radius 1 is 1.04 bits per heavy atom. The maximum Gasteiger partial charge on any atom is 0.232 e. The molecule has 3 rings (SSSR count). The molecule has 3 aromatic rings. The molecule has 1 unspecified atom stereocenters. The fourth-order valence-electron chi connectivity index (χ4n) is 2.84. The van der Waals surface area contributed by atoms with Gasteiger partial charge in [-0.25, -0.2) is 0 Å². The van der Waals surface area contributed by atoms with E-state index in [-0.39, 0.29) is 11.8 Å². The van der Waals surface area contributed by atoms with Crippen molar-refractivity contribution in [3.8, 4) is 0 Å². The van der Waals surface area contributed by atoms with Crippen LogP contribution in [-0.4, -0.2) is 30.6 Å². The average molecular weight is 335 g/mol. The van der Waals surface area contributed by atoms with E-state index in [0.29, 0.717) is 13.1 Å². The van der Waals surface area contributed by atoms with Gasteiger partial charge in [0, 0.05) is 51.1 Å². The fraction of sp³-hybridized carbons (Fsp3) is 0.263. The van der Waals surface area contributed by atoms with Crippen molar-refractivity contribution in [2.75, 3.05) is 0 Å². The summed E-state index contributed by atoms with van der Waals surface area (Å²) in [7, 11) is 1.85. The first-order valence-electron chi connectivity index (χ1n) is 8.19. The van der Waals surface area contributed by atoms with Crippen LogP contribution in [0, 0.1) is 0 Å². The molecular formula is C19H21N5O. The molecule has 0 N–H and O–H groups in total. The molecule has 6 nitrogen and oxygen atoms in total. The normalized spacial score (nSPS) is 11.9. The summed E-state index contributed by atoms with van der Waals surface area (Å²) in [5.41, 5.74) is 2.95. The van der Waals surface area contributed by atoms with Crippen molar-refractivity contribution in [3.63, 3.8) is 0 Å². The lowest BCUT2D eigenvalue weighted by Crippen LogP contribution is -2.34. The molecule has 0 saturated carbocycles. The molecule has 128 valence electrons. The van der Waals surface area contributed by atoms with Crippen molar-refractivity contribution in [3.05, 3.63) is 78.1 Å². The van der Waals surface area contributed by atoms with Gasteiger partial charge in [0.05, 0.1) is 11.6 Å². The number of nitrogens with zero attached hydrogens (tertiary/aromatic N) is 5. The standard InChI is InChI=1S/C19H21N5O/c1-15(18-7-11-22-23(18)2)19(25)24(13-16-5-9-20-10-6-16)14-17-4-3-8-21-12-17/h3-12,15H,13-14H2,1-2H3. The van der Waals surface area contributed by atoms with Crippen LogP contribution in [0.3, 0.4) is 0 Å². The van der Waals surface area contributed by atoms with Crippen LogP contribution in [0.1, 0.15) is 29.7 Å². The van der Waals surface area contributed by atoms with E-state index in [0.717, 1.165) is 16.8 Å². The number of aryl methyl sites for hydroxylation is 1. The minimum absolute atomic E-state index is 0.0595. The number of hydrogen-bond acceptors (Lipinski definition) is 4. The van der Waals surface area contributed by atoms with Gasteiger partial charge in [0.25, 0.3) is 0 Å². The zero-order chi connectivity index (χ0) is 17.6. The van der Waals surface area contributed by atoms with E-state index >= 15 is 0 Å². The molecule has 0 aromatic carbocycles. The Bertz CT molecular complexity index is 775. The summed E-state index contributed by atoms with van der Waals surface area (Å²) in [4.78, 5) is 23.2. The van der Waals surface area contributed by atoms with Crippen LogP contribution < -0.4 is 0 Å². The first-order valence-corrected chi connectivity index (χ1v) is 8.19. The van der Waals surface area contributed by atoms with Crippen LogP contribution in [0.5, 0.6) is 0 Å². The van der Waals surface area contributed by atoms with Gasteiger partial charge in [-0.1, -0.05) is 6.07 Å². The Hall–Kier alpha value is -3.02. The predicted octanol–water partition coefficient (Wildman–Crippen LogP) is 2.54. The van der Waals surface area contributed by atoms with E-state index in [1.54, 1.807) is 35.7 Å². The highest BCUT2D eigenvalue weighted by molar-refractivity contribution is 5.82. The third-order valence-corrected chi connectivity index (χ3v) is 4.20. The smallest absolute Gasteiger partial charge is 0.232 e. The number of carbonyl (C=O) groups excluding carboxylic acids is 1. The monoisotopic (exact) mass is 335 g/mol. The topological polar surface area (TPSA) is 63.9 Å². The third-order valence-electron chi connectivity index (χ3n) is 4.20. The maximum absolute atomic E-state index is 13.2. The van der Waals surface area contributed by atoms with Crippen molar-refractivity contribution >= 4 is 5.91 Å². The summed E-state index contributed by atoms with van der Waals surface area (Å²) < 4.78 is 1.75.